The molecule has 43 heavy (non-hydrogen) atoms. The molecule has 2 aromatic heterocycles. The molecule has 2 heterocycles. The summed E-state index contributed by atoms with van der Waals surface area (Å²) >= 11 is 2.87. The Morgan fingerprint density at radius 3 is 2.21 bits per heavy atom. The molecule has 0 spiro atoms. The van der Waals surface area contributed by atoms with E-state index in [9.17, 15) is 4.79 Å². The first kappa shape index (κ1) is 29.9. The number of nitrogen functional groups attached to an aromatic ring is 1. The van der Waals surface area contributed by atoms with Gasteiger partial charge in [0.05, 0.1) is 27.0 Å². The number of aromatic nitrogens is 2. The molecule has 0 saturated carbocycles. The van der Waals surface area contributed by atoms with Crippen molar-refractivity contribution >= 4 is 50.9 Å². The van der Waals surface area contributed by atoms with Gasteiger partial charge in [-0.05, 0) is 35.2 Å². The fraction of sp³-hybridized carbons (Fsp3) is 0.219. The fourth-order valence-corrected chi connectivity index (χ4v) is 6.24. The van der Waals surface area contributed by atoms with Gasteiger partial charge in [-0.1, -0.05) is 56.4 Å². The second kappa shape index (κ2) is 12.3. The van der Waals surface area contributed by atoms with Gasteiger partial charge in [-0.15, -0.1) is 11.3 Å². The van der Waals surface area contributed by atoms with Gasteiger partial charge in [0.1, 0.15) is 15.7 Å². The average molecular weight is 616 g/mol. The second-order valence-electron chi connectivity index (χ2n) is 10.7. The maximum absolute atomic E-state index is 12.9. The third-order valence-electron chi connectivity index (χ3n) is 6.70. The number of ether oxygens (including phenoxy) is 3. The van der Waals surface area contributed by atoms with Gasteiger partial charge in [0, 0.05) is 40.0 Å². The van der Waals surface area contributed by atoms with Crippen LogP contribution in [0.15, 0.2) is 66.0 Å². The third-order valence-corrected chi connectivity index (χ3v) is 8.68. The van der Waals surface area contributed by atoms with E-state index in [0.29, 0.717) is 45.1 Å². The van der Waals surface area contributed by atoms with E-state index >= 15 is 0 Å². The predicted octanol–water partition coefficient (Wildman–Crippen LogP) is 7.84. The molecule has 0 aliphatic carbocycles. The van der Waals surface area contributed by atoms with Crippen LogP contribution in [0.5, 0.6) is 17.2 Å². The van der Waals surface area contributed by atoms with E-state index in [2.05, 4.69) is 36.4 Å². The molecule has 0 radical (unpaired) electrons. The monoisotopic (exact) mass is 615 g/mol. The number of nitrogens with one attached hydrogen (secondary N) is 2. The molecule has 1 amide bonds. The van der Waals surface area contributed by atoms with E-state index in [0.717, 1.165) is 21.1 Å². The number of benzene rings is 3. The molecule has 0 aliphatic rings. The number of hydrogen-bond donors (Lipinski definition) is 3. The van der Waals surface area contributed by atoms with Crippen molar-refractivity contribution < 1.29 is 19.0 Å². The summed E-state index contributed by atoms with van der Waals surface area (Å²) in [6, 6.07) is 18.9. The smallest absolute Gasteiger partial charge is 0.255 e. The van der Waals surface area contributed by atoms with Crippen molar-refractivity contribution in [1.29, 1.82) is 0 Å². The maximum Gasteiger partial charge on any atom is 0.255 e. The van der Waals surface area contributed by atoms with E-state index in [1.54, 1.807) is 33.5 Å². The van der Waals surface area contributed by atoms with E-state index in [1.807, 2.05) is 53.9 Å². The van der Waals surface area contributed by atoms with E-state index in [-0.39, 0.29) is 11.3 Å². The number of methoxy groups -OCH3 is 3. The lowest BCUT2D eigenvalue weighted by atomic mass is 9.87. The molecular weight excluding hydrogens is 583 g/mol. The number of carbonyl (C=O) groups is 1. The first-order valence-corrected chi connectivity index (χ1v) is 15.1. The third kappa shape index (κ3) is 6.58. The van der Waals surface area contributed by atoms with Gasteiger partial charge in [0.15, 0.2) is 16.6 Å². The number of thiazole rings is 2. The largest absolute Gasteiger partial charge is 0.493 e. The number of hydrogen-bond acceptors (Lipinski definition) is 10. The topological polar surface area (TPSA) is 121 Å². The number of amides is 1. The van der Waals surface area contributed by atoms with Crippen LogP contribution >= 0.6 is 22.7 Å². The van der Waals surface area contributed by atoms with Gasteiger partial charge in [0.2, 0.25) is 5.75 Å². The summed E-state index contributed by atoms with van der Waals surface area (Å²) in [5, 5.41) is 9.58. The van der Waals surface area contributed by atoms with Crippen LogP contribution in [0, 0.1) is 0 Å². The van der Waals surface area contributed by atoms with E-state index in [1.165, 1.54) is 28.2 Å². The Morgan fingerprint density at radius 2 is 1.58 bits per heavy atom. The van der Waals surface area contributed by atoms with Gasteiger partial charge in [-0.3, -0.25) is 4.79 Å². The number of nitrogens with zero attached hydrogens (tertiary/aromatic N) is 2. The number of anilines is 4. The lowest BCUT2D eigenvalue weighted by Crippen LogP contribution is -2.14. The minimum Gasteiger partial charge on any atom is -0.493 e. The first-order valence-electron chi connectivity index (χ1n) is 13.4. The van der Waals surface area contributed by atoms with Crippen LogP contribution in [0.3, 0.4) is 0 Å². The Hall–Kier alpha value is -4.61. The van der Waals surface area contributed by atoms with Gasteiger partial charge in [-0.25, -0.2) is 9.97 Å². The van der Waals surface area contributed by atoms with Gasteiger partial charge in [-0.2, -0.15) is 0 Å². The van der Waals surface area contributed by atoms with Crippen LogP contribution in [0.4, 0.5) is 22.3 Å². The van der Waals surface area contributed by atoms with Gasteiger partial charge in [0.25, 0.3) is 5.91 Å². The molecule has 222 valence electrons. The molecule has 5 rings (SSSR count). The van der Waals surface area contributed by atoms with Crippen LogP contribution < -0.4 is 30.6 Å². The second-order valence-corrected chi connectivity index (χ2v) is 12.5. The number of carbonyl (C=O) groups excluding carboxylic acids is 1. The van der Waals surface area contributed by atoms with Crippen molar-refractivity contribution in [3.63, 3.8) is 0 Å². The van der Waals surface area contributed by atoms with Crippen molar-refractivity contribution in [3.05, 3.63) is 77.2 Å². The minimum absolute atomic E-state index is 0.0243. The highest BCUT2D eigenvalue weighted by Crippen LogP contribution is 2.43. The van der Waals surface area contributed by atoms with Crippen molar-refractivity contribution in [2.75, 3.05) is 37.7 Å². The number of rotatable bonds is 9. The minimum atomic E-state index is -0.166. The average Bonchev–Trinajstić information content (AvgIpc) is 3.62. The summed E-state index contributed by atoms with van der Waals surface area (Å²) in [4.78, 5) is 23.0. The highest BCUT2D eigenvalue weighted by molar-refractivity contribution is 7.23. The lowest BCUT2D eigenvalue weighted by Gasteiger charge is -2.19. The van der Waals surface area contributed by atoms with Crippen molar-refractivity contribution in [1.82, 2.24) is 9.97 Å². The Morgan fingerprint density at radius 1 is 0.884 bits per heavy atom. The van der Waals surface area contributed by atoms with Gasteiger partial charge < -0.3 is 30.6 Å². The first-order chi connectivity index (χ1) is 20.6. The van der Waals surface area contributed by atoms with Crippen molar-refractivity contribution in [2.45, 2.75) is 26.2 Å². The van der Waals surface area contributed by atoms with Crippen LogP contribution in [0.1, 0.15) is 36.7 Å². The Labute approximate surface area is 258 Å². The molecule has 9 nitrogen and oxygen atoms in total. The maximum atomic E-state index is 12.9. The van der Waals surface area contributed by atoms with Crippen molar-refractivity contribution in [2.24, 2.45) is 0 Å². The molecule has 0 bridgehead atoms. The SMILES string of the molecule is COc1cc(Nc2nc(N)c(-c3nc(-c4cccc(NC(=O)c5ccc(C(C)(C)C)cc5)c4)cs3)s2)cc(OC)c1OC. The highest BCUT2D eigenvalue weighted by atomic mass is 32.1. The van der Waals surface area contributed by atoms with Crippen LogP contribution in [0.25, 0.3) is 21.1 Å². The molecule has 3 aromatic carbocycles. The molecule has 0 fully saturated rings. The van der Waals surface area contributed by atoms with Crippen LogP contribution in [-0.4, -0.2) is 37.2 Å². The molecular formula is C32H33N5O4S2. The standard InChI is InChI=1S/C32H33N5O4S2/c1-32(2,3)20-12-10-18(11-13-20)29(38)34-21-9-7-8-19(14-21)23-17-42-30(36-23)27-28(33)37-31(43-27)35-22-15-24(39-4)26(41-6)25(16-22)40-5/h7-17H,33H2,1-6H3,(H,34,38)(H,35,37). The quantitative estimate of drug-likeness (QED) is 0.153. The van der Waals surface area contributed by atoms with Crippen molar-refractivity contribution in [3.8, 4) is 38.4 Å². The molecule has 0 unspecified atom stereocenters. The highest BCUT2D eigenvalue weighted by Gasteiger charge is 2.18. The normalized spacial score (nSPS) is 11.2. The summed E-state index contributed by atoms with van der Waals surface area (Å²) in [5.41, 5.74) is 11.2. The Balaban J connectivity index is 1.32. The molecule has 11 heteroatoms. The molecule has 5 aromatic rings. The zero-order valence-electron chi connectivity index (χ0n) is 24.8. The summed E-state index contributed by atoms with van der Waals surface area (Å²) in [6.45, 7) is 6.44. The van der Waals surface area contributed by atoms with Crippen LogP contribution in [0.2, 0.25) is 0 Å². The molecule has 0 aliphatic heterocycles. The lowest BCUT2D eigenvalue weighted by molar-refractivity contribution is 0.102. The summed E-state index contributed by atoms with van der Waals surface area (Å²) in [7, 11) is 4.69. The number of nitrogens with two attached hydrogens (primary N) is 1. The Kier molecular flexibility index (Phi) is 8.56. The summed E-state index contributed by atoms with van der Waals surface area (Å²) in [5.74, 6) is 1.76. The molecule has 0 saturated heterocycles. The Bertz CT molecular complexity index is 1730. The predicted molar refractivity (Wildman–Crippen MR) is 176 cm³/mol. The van der Waals surface area contributed by atoms with E-state index < -0.39 is 0 Å². The summed E-state index contributed by atoms with van der Waals surface area (Å²) in [6.07, 6.45) is 0. The van der Waals surface area contributed by atoms with Gasteiger partial charge >= 0.3 is 0 Å². The molecule has 0 atom stereocenters. The summed E-state index contributed by atoms with van der Waals surface area (Å²) < 4.78 is 16.3. The molecule has 4 N–H and O–H groups in total. The zero-order chi connectivity index (χ0) is 30.7. The fourth-order valence-electron chi connectivity index (χ4n) is 4.41. The van der Waals surface area contributed by atoms with Crippen LogP contribution in [-0.2, 0) is 5.41 Å². The van der Waals surface area contributed by atoms with E-state index in [4.69, 9.17) is 24.9 Å². The zero-order valence-corrected chi connectivity index (χ0v) is 26.4.